The predicted octanol–water partition coefficient (Wildman–Crippen LogP) is 1.15. The van der Waals surface area contributed by atoms with E-state index in [0.717, 1.165) is 17.0 Å². The smallest absolute Gasteiger partial charge is 0.155 e. The van der Waals surface area contributed by atoms with Crippen LogP contribution >= 0.6 is 0 Å². The number of hydrogen-bond acceptors (Lipinski definition) is 4. The Morgan fingerprint density at radius 2 is 2.35 bits per heavy atom. The number of fused-ring (bicyclic) bond motifs is 1. The second kappa shape index (κ2) is 4.75. The third kappa shape index (κ3) is 2.00. The fourth-order valence-corrected chi connectivity index (χ4v) is 2.38. The summed E-state index contributed by atoms with van der Waals surface area (Å²) in [6.45, 7) is 3.36. The van der Waals surface area contributed by atoms with Crippen LogP contribution in [0.2, 0.25) is 0 Å². The van der Waals surface area contributed by atoms with Crippen molar-refractivity contribution in [3.05, 3.63) is 23.8 Å². The van der Waals surface area contributed by atoms with Crippen LogP contribution in [0, 0.1) is 0 Å². The number of ether oxygens (including phenoxy) is 1. The Kier molecular flexibility index (Phi) is 3.33. The third-order valence-electron chi connectivity index (χ3n) is 3.13. The Morgan fingerprint density at radius 1 is 1.59 bits per heavy atom. The van der Waals surface area contributed by atoms with Gasteiger partial charge in [-0.2, -0.15) is 0 Å². The Bertz CT molecular complexity index is 431. The van der Waals surface area contributed by atoms with Gasteiger partial charge >= 0.3 is 0 Å². The molecule has 1 heterocycles. The monoisotopic (exact) mass is 234 g/mol. The summed E-state index contributed by atoms with van der Waals surface area (Å²) in [5.41, 5.74) is 7.52. The first-order valence-corrected chi connectivity index (χ1v) is 5.88. The molecule has 2 N–H and O–H groups in total. The highest BCUT2D eigenvalue weighted by Gasteiger charge is 2.33. The maximum absolute atomic E-state index is 11.8. The third-order valence-corrected chi connectivity index (χ3v) is 3.13. The number of carbonyl (C=O) groups is 1. The van der Waals surface area contributed by atoms with Gasteiger partial charge in [0.1, 0.15) is 5.75 Å². The molecule has 1 aliphatic rings. The fraction of sp³-hybridized carbons (Fsp3) is 0.462. The van der Waals surface area contributed by atoms with Crippen LogP contribution < -0.4 is 15.4 Å². The number of hydrogen-bond donors (Lipinski definition) is 1. The minimum absolute atomic E-state index is 0.0873. The van der Waals surface area contributed by atoms with Crippen molar-refractivity contribution in [2.24, 2.45) is 5.73 Å². The normalized spacial score (nSPS) is 18.1. The first kappa shape index (κ1) is 11.9. The minimum Gasteiger partial charge on any atom is -0.492 e. The summed E-state index contributed by atoms with van der Waals surface area (Å²) >= 11 is 0. The fourth-order valence-electron chi connectivity index (χ4n) is 2.38. The van der Waals surface area contributed by atoms with E-state index in [0.29, 0.717) is 13.2 Å². The van der Waals surface area contributed by atoms with Crippen LogP contribution in [0.5, 0.6) is 5.75 Å². The van der Waals surface area contributed by atoms with Crippen molar-refractivity contribution < 1.29 is 9.53 Å². The molecule has 1 aromatic rings. The van der Waals surface area contributed by atoms with Crippen LogP contribution in [0.3, 0.4) is 0 Å². The maximum atomic E-state index is 11.8. The number of Topliss-reactive ketones (excluding diaryl/α,β-unsaturated/α-hetero) is 1. The number of likely N-dealkylation sites (N-methyl/N-ethyl adjacent to an activating group) is 1. The predicted molar refractivity (Wildman–Crippen MR) is 67.7 cm³/mol. The van der Waals surface area contributed by atoms with Gasteiger partial charge in [-0.05, 0) is 18.6 Å². The standard InChI is InChI=1S/C13H18N2O2/c1-3-17-12-6-4-5-9-10(11(16)7-14)8-15(2)13(9)12/h4-6,10H,3,7-8,14H2,1-2H3. The molecular weight excluding hydrogens is 216 g/mol. The van der Waals surface area contributed by atoms with Gasteiger partial charge in [-0.15, -0.1) is 0 Å². The van der Waals surface area contributed by atoms with Gasteiger partial charge in [0.05, 0.1) is 24.8 Å². The van der Waals surface area contributed by atoms with Crippen LogP contribution in [0.25, 0.3) is 0 Å². The SMILES string of the molecule is CCOc1cccc2c1N(C)CC2C(=O)CN. The summed E-state index contributed by atoms with van der Waals surface area (Å²) < 4.78 is 5.60. The van der Waals surface area contributed by atoms with Gasteiger partial charge in [0.2, 0.25) is 0 Å². The van der Waals surface area contributed by atoms with E-state index in [-0.39, 0.29) is 18.2 Å². The maximum Gasteiger partial charge on any atom is 0.155 e. The number of carbonyl (C=O) groups excluding carboxylic acids is 1. The quantitative estimate of drug-likeness (QED) is 0.849. The summed E-state index contributed by atoms with van der Waals surface area (Å²) in [6, 6.07) is 5.85. The highest BCUT2D eigenvalue weighted by molar-refractivity contribution is 5.92. The molecule has 0 aliphatic carbocycles. The number of anilines is 1. The molecule has 0 saturated carbocycles. The van der Waals surface area contributed by atoms with Crippen molar-refractivity contribution in [3.63, 3.8) is 0 Å². The average Bonchev–Trinajstić information content (AvgIpc) is 2.67. The number of nitrogens with two attached hydrogens (primary N) is 1. The summed E-state index contributed by atoms with van der Waals surface area (Å²) in [5.74, 6) is 0.824. The van der Waals surface area contributed by atoms with Gasteiger partial charge < -0.3 is 15.4 Å². The lowest BCUT2D eigenvalue weighted by Gasteiger charge is -2.16. The molecular formula is C13H18N2O2. The van der Waals surface area contributed by atoms with E-state index in [1.165, 1.54) is 0 Å². The molecule has 2 rings (SSSR count). The van der Waals surface area contributed by atoms with Crippen molar-refractivity contribution in [2.45, 2.75) is 12.8 Å². The molecule has 0 fully saturated rings. The van der Waals surface area contributed by atoms with Crippen LogP contribution in [-0.2, 0) is 4.79 Å². The first-order chi connectivity index (χ1) is 8.19. The van der Waals surface area contributed by atoms with E-state index in [1.54, 1.807) is 0 Å². The molecule has 17 heavy (non-hydrogen) atoms. The minimum atomic E-state index is -0.111. The second-order valence-corrected chi connectivity index (χ2v) is 4.23. The number of para-hydroxylation sites is 1. The lowest BCUT2D eigenvalue weighted by atomic mass is 9.96. The Hall–Kier alpha value is -1.55. The highest BCUT2D eigenvalue weighted by atomic mass is 16.5. The summed E-state index contributed by atoms with van der Waals surface area (Å²) in [6.07, 6.45) is 0. The van der Waals surface area contributed by atoms with Crippen molar-refractivity contribution in [1.29, 1.82) is 0 Å². The summed E-state index contributed by atoms with van der Waals surface area (Å²) in [4.78, 5) is 13.9. The lowest BCUT2D eigenvalue weighted by molar-refractivity contribution is -0.118. The summed E-state index contributed by atoms with van der Waals surface area (Å²) in [5, 5.41) is 0. The van der Waals surface area contributed by atoms with E-state index in [1.807, 2.05) is 32.2 Å². The largest absolute Gasteiger partial charge is 0.492 e. The first-order valence-electron chi connectivity index (χ1n) is 5.88. The Labute approximate surface area is 101 Å². The van der Waals surface area contributed by atoms with Crippen molar-refractivity contribution in [1.82, 2.24) is 0 Å². The molecule has 1 unspecified atom stereocenters. The number of nitrogens with zero attached hydrogens (tertiary/aromatic N) is 1. The molecule has 0 amide bonds. The number of rotatable bonds is 4. The van der Waals surface area contributed by atoms with E-state index < -0.39 is 0 Å². The molecule has 0 radical (unpaired) electrons. The second-order valence-electron chi connectivity index (χ2n) is 4.23. The summed E-state index contributed by atoms with van der Waals surface area (Å²) in [7, 11) is 1.98. The molecule has 4 heteroatoms. The topological polar surface area (TPSA) is 55.6 Å². The molecule has 92 valence electrons. The molecule has 1 aromatic carbocycles. The molecule has 0 bridgehead atoms. The zero-order chi connectivity index (χ0) is 12.4. The lowest BCUT2D eigenvalue weighted by Crippen LogP contribution is -2.25. The van der Waals surface area contributed by atoms with Crippen molar-refractivity contribution in [3.8, 4) is 5.75 Å². The van der Waals surface area contributed by atoms with Gasteiger partial charge in [-0.1, -0.05) is 12.1 Å². The van der Waals surface area contributed by atoms with Gasteiger partial charge in [0.15, 0.2) is 5.78 Å². The molecule has 0 spiro atoms. The van der Waals surface area contributed by atoms with Crippen molar-refractivity contribution in [2.75, 3.05) is 31.6 Å². The Morgan fingerprint density at radius 3 is 3.00 bits per heavy atom. The Balaban J connectivity index is 2.42. The van der Waals surface area contributed by atoms with E-state index in [9.17, 15) is 4.79 Å². The molecule has 1 aliphatic heterocycles. The molecule has 0 aromatic heterocycles. The zero-order valence-electron chi connectivity index (χ0n) is 10.3. The molecule has 1 atom stereocenters. The highest BCUT2D eigenvalue weighted by Crippen LogP contribution is 2.42. The number of benzene rings is 1. The van der Waals surface area contributed by atoms with Gasteiger partial charge in [0, 0.05) is 13.6 Å². The molecule has 0 saturated heterocycles. The van der Waals surface area contributed by atoms with E-state index >= 15 is 0 Å². The van der Waals surface area contributed by atoms with Gasteiger partial charge in [-0.3, -0.25) is 4.79 Å². The van der Waals surface area contributed by atoms with Gasteiger partial charge in [0.25, 0.3) is 0 Å². The number of ketones is 1. The van der Waals surface area contributed by atoms with E-state index in [4.69, 9.17) is 10.5 Å². The van der Waals surface area contributed by atoms with Crippen LogP contribution in [0.15, 0.2) is 18.2 Å². The zero-order valence-corrected chi connectivity index (χ0v) is 10.3. The van der Waals surface area contributed by atoms with Crippen LogP contribution in [0.4, 0.5) is 5.69 Å². The van der Waals surface area contributed by atoms with Crippen LogP contribution in [0.1, 0.15) is 18.4 Å². The average molecular weight is 234 g/mol. The molecule has 4 nitrogen and oxygen atoms in total. The van der Waals surface area contributed by atoms with Crippen molar-refractivity contribution >= 4 is 11.5 Å². The van der Waals surface area contributed by atoms with E-state index in [2.05, 4.69) is 4.90 Å². The van der Waals surface area contributed by atoms with Crippen LogP contribution in [-0.4, -0.2) is 32.5 Å². The van der Waals surface area contributed by atoms with Gasteiger partial charge in [-0.25, -0.2) is 0 Å².